The molecule has 2 aliphatic heterocycles. The van der Waals surface area contributed by atoms with Crippen LogP contribution in [0.4, 0.5) is 0 Å². The average Bonchev–Trinajstić information content (AvgIpc) is 3.78. The number of fused-ring (bicyclic) bond motifs is 5. The van der Waals surface area contributed by atoms with Crippen molar-refractivity contribution in [3.8, 4) is 11.1 Å². The molecule has 5 nitrogen and oxygen atoms in total. The van der Waals surface area contributed by atoms with Crippen molar-refractivity contribution in [2.24, 2.45) is 16.3 Å². The van der Waals surface area contributed by atoms with Crippen LogP contribution in [-0.2, 0) is 4.74 Å². The van der Waals surface area contributed by atoms with E-state index in [9.17, 15) is 0 Å². The van der Waals surface area contributed by atoms with Gasteiger partial charge in [-0.05, 0) is 83.7 Å². The number of benzene rings is 3. The van der Waals surface area contributed by atoms with Crippen LogP contribution in [-0.4, -0.2) is 22.7 Å². The van der Waals surface area contributed by atoms with Crippen LogP contribution in [0.5, 0.6) is 0 Å². The molecule has 8 unspecified atom stereocenters. The van der Waals surface area contributed by atoms with Crippen LogP contribution in [0, 0.1) is 11.3 Å². The van der Waals surface area contributed by atoms with Crippen LogP contribution in [0.2, 0.25) is 0 Å². The van der Waals surface area contributed by atoms with E-state index >= 15 is 0 Å². The fourth-order valence-electron chi connectivity index (χ4n) is 10.7. The molecule has 2 N–H and O–H groups in total. The lowest BCUT2D eigenvalue weighted by Gasteiger charge is -2.41. The molecule has 0 fully saturated rings. The summed E-state index contributed by atoms with van der Waals surface area (Å²) in [6.07, 6.45) is 35.3. The molecule has 0 saturated carbocycles. The Kier molecular flexibility index (Phi) is 8.85. The molecule has 59 heavy (non-hydrogen) atoms. The van der Waals surface area contributed by atoms with Crippen molar-refractivity contribution in [1.29, 1.82) is 0 Å². The third-order valence-corrected chi connectivity index (χ3v) is 13.9. The van der Waals surface area contributed by atoms with Crippen LogP contribution < -0.4 is 10.6 Å². The maximum absolute atomic E-state index is 7.07. The van der Waals surface area contributed by atoms with Gasteiger partial charge in [-0.25, -0.2) is 4.99 Å². The summed E-state index contributed by atoms with van der Waals surface area (Å²) >= 11 is 0. The molecule has 5 heteroatoms. The third-order valence-electron chi connectivity index (χ3n) is 13.9. The first-order valence-electron chi connectivity index (χ1n) is 21.7. The standard InChI is InChI=1S/C54H52N4O/c1-34-13-10-19-41(31-34)52-55-51(39-25-23-38(24-26-39)36-15-6-4-7-16-36)56-53(57-52)46-21-12-22-49-54(46,3)45-29-28-42(33-48(45)59-49)58-47-30-27-40(37-17-8-5-9-18-37)32-44(47)43-20-11-14-35(2)50(43)58/h4-13,15,17-30,32,34-36,42,49,51,53,56H,14,16,31,33H2,1-3H3,(H,55,57). The third kappa shape index (κ3) is 6.12. The van der Waals surface area contributed by atoms with E-state index in [1.165, 1.54) is 61.1 Å². The van der Waals surface area contributed by atoms with Crippen molar-refractivity contribution in [3.63, 3.8) is 0 Å². The fraction of sp³-hybridized carbons (Fsp3) is 0.278. The van der Waals surface area contributed by atoms with Gasteiger partial charge >= 0.3 is 0 Å². The van der Waals surface area contributed by atoms with Gasteiger partial charge in [-0.15, -0.1) is 0 Å². The monoisotopic (exact) mass is 772 g/mol. The number of aromatic nitrogens is 1. The number of rotatable bonds is 6. The van der Waals surface area contributed by atoms with Gasteiger partial charge in [-0.1, -0.05) is 153 Å². The van der Waals surface area contributed by atoms with Gasteiger partial charge < -0.3 is 14.6 Å². The van der Waals surface area contributed by atoms with Crippen molar-refractivity contribution in [3.05, 3.63) is 197 Å². The van der Waals surface area contributed by atoms with Crippen LogP contribution in [0.1, 0.15) is 92.9 Å². The van der Waals surface area contributed by atoms with E-state index in [1.807, 2.05) is 0 Å². The second-order valence-electron chi connectivity index (χ2n) is 17.7. The first-order chi connectivity index (χ1) is 28.9. The fourth-order valence-corrected chi connectivity index (χ4v) is 10.7. The number of ether oxygens (including phenoxy) is 1. The Bertz CT molecular complexity index is 2660. The Morgan fingerprint density at radius 1 is 0.780 bits per heavy atom. The van der Waals surface area contributed by atoms with Gasteiger partial charge in [0.1, 0.15) is 30.0 Å². The van der Waals surface area contributed by atoms with E-state index < -0.39 is 0 Å². The highest BCUT2D eigenvalue weighted by atomic mass is 16.5. The lowest BCUT2D eigenvalue weighted by atomic mass is 9.67. The molecule has 3 heterocycles. The van der Waals surface area contributed by atoms with Gasteiger partial charge in [0.25, 0.3) is 0 Å². The first kappa shape index (κ1) is 36.2. The predicted octanol–water partition coefficient (Wildman–Crippen LogP) is 12.2. The van der Waals surface area contributed by atoms with Gasteiger partial charge in [-0.3, -0.25) is 5.32 Å². The number of hydrogen-bond donors (Lipinski definition) is 2. The van der Waals surface area contributed by atoms with Crippen LogP contribution in [0.15, 0.2) is 179 Å². The van der Waals surface area contributed by atoms with Gasteiger partial charge in [0.15, 0.2) is 0 Å². The minimum absolute atomic E-state index is 0.104. The second kappa shape index (κ2) is 14.4. The SMILES string of the molecule is CC1C=CC=C(C2=NC(C3=CC=CC4OC5=C(C=CC(n6c7c(c8cc(-c9ccccc9)ccc86)C=CCC7C)C5)C34C)NC(c3ccc(C4C=CC=CC4)cc3)N2)C1. The highest BCUT2D eigenvalue weighted by molar-refractivity contribution is 6.00. The number of nitrogens with zero attached hydrogens (tertiary/aromatic N) is 2. The van der Waals surface area contributed by atoms with E-state index in [2.05, 4.69) is 194 Å². The Balaban J connectivity index is 0.934. The average molecular weight is 773 g/mol. The summed E-state index contributed by atoms with van der Waals surface area (Å²) in [5, 5.41) is 9.14. The van der Waals surface area contributed by atoms with Crippen molar-refractivity contribution in [1.82, 2.24) is 15.2 Å². The van der Waals surface area contributed by atoms with Crippen molar-refractivity contribution in [2.75, 3.05) is 0 Å². The second-order valence-corrected chi connectivity index (χ2v) is 17.7. The summed E-state index contributed by atoms with van der Waals surface area (Å²) in [5.41, 5.74) is 12.6. The van der Waals surface area contributed by atoms with Crippen LogP contribution in [0.25, 0.3) is 28.1 Å². The molecule has 0 saturated heterocycles. The van der Waals surface area contributed by atoms with E-state index in [0.29, 0.717) is 17.8 Å². The predicted molar refractivity (Wildman–Crippen MR) is 243 cm³/mol. The summed E-state index contributed by atoms with van der Waals surface area (Å²) in [4.78, 5) is 5.51. The molecular formula is C54H52N4O. The Morgan fingerprint density at radius 2 is 1.63 bits per heavy atom. The molecular weight excluding hydrogens is 721 g/mol. The lowest BCUT2D eigenvalue weighted by molar-refractivity contribution is 0.112. The first-order valence-corrected chi connectivity index (χ1v) is 21.7. The molecule has 5 aliphatic carbocycles. The molecule has 11 rings (SSSR count). The summed E-state index contributed by atoms with van der Waals surface area (Å²) in [6, 6.07) is 27.1. The highest BCUT2D eigenvalue weighted by Gasteiger charge is 2.52. The maximum atomic E-state index is 7.07. The zero-order chi connectivity index (χ0) is 39.7. The molecule has 0 amide bonds. The quantitative estimate of drug-likeness (QED) is 0.205. The number of amidine groups is 1. The molecule has 1 aromatic heterocycles. The van der Waals surface area contributed by atoms with E-state index in [0.717, 1.165) is 37.3 Å². The largest absolute Gasteiger partial charge is 0.489 e. The van der Waals surface area contributed by atoms with E-state index in [4.69, 9.17) is 9.73 Å². The molecule has 0 spiro atoms. The zero-order valence-electron chi connectivity index (χ0n) is 34.2. The normalized spacial score (nSPS) is 30.3. The Morgan fingerprint density at radius 3 is 2.46 bits per heavy atom. The summed E-state index contributed by atoms with van der Waals surface area (Å²) in [7, 11) is 0. The lowest BCUT2D eigenvalue weighted by Crippen LogP contribution is -2.52. The molecule has 4 aromatic rings. The molecule has 3 aromatic carbocycles. The molecule has 294 valence electrons. The van der Waals surface area contributed by atoms with E-state index in [1.54, 1.807) is 0 Å². The minimum atomic E-state index is -0.378. The van der Waals surface area contributed by atoms with Crippen molar-refractivity contribution in [2.45, 2.75) is 82.8 Å². The number of allylic oxidation sites excluding steroid dienone is 13. The minimum Gasteiger partial charge on any atom is -0.489 e. The van der Waals surface area contributed by atoms with Gasteiger partial charge in [0.2, 0.25) is 0 Å². The topological polar surface area (TPSA) is 50.6 Å². The molecule has 0 bridgehead atoms. The molecule has 0 radical (unpaired) electrons. The maximum Gasteiger partial charge on any atom is 0.130 e. The van der Waals surface area contributed by atoms with E-state index in [-0.39, 0.29) is 29.9 Å². The zero-order valence-corrected chi connectivity index (χ0v) is 34.2. The Hall–Kier alpha value is -5.91. The van der Waals surface area contributed by atoms with Gasteiger partial charge in [0, 0.05) is 46.0 Å². The molecule has 8 atom stereocenters. The summed E-state index contributed by atoms with van der Waals surface area (Å²) in [5.74, 6) is 3.39. The molecule has 7 aliphatic rings. The number of aliphatic imine (C=N–C) groups is 1. The number of hydrogen-bond acceptors (Lipinski definition) is 4. The highest BCUT2D eigenvalue weighted by Crippen LogP contribution is 2.55. The number of nitrogens with one attached hydrogen (secondary N) is 2. The van der Waals surface area contributed by atoms with Crippen molar-refractivity contribution >= 4 is 22.8 Å². The van der Waals surface area contributed by atoms with Gasteiger partial charge in [0.05, 0.1) is 11.5 Å². The van der Waals surface area contributed by atoms with Crippen LogP contribution in [0.3, 0.4) is 0 Å². The smallest absolute Gasteiger partial charge is 0.130 e. The van der Waals surface area contributed by atoms with Crippen LogP contribution >= 0.6 is 0 Å². The summed E-state index contributed by atoms with van der Waals surface area (Å²) in [6.45, 7) is 7.04. The van der Waals surface area contributed by atoms with Gasteiger partial charge in [-0.2, -0.15) is 0 Å². The van der Waals surface area contributed by atoms with Crippen molar-refractivity contribution < 1.29 is 4.74 Å². The summed E-state index contributed by atoms with van der Waals surface area (Å²) < 4.78 is 9.70. The Labute approximate surface area is 348 Å².